The normalized spacial score (nSPS) is 20.5. The van der Waals surface area contributed by atoms with E-state index >= 15 is 0 Å². The molecule has 1 aromatic carbocycles. The van der Waals surface area contributed by atoms with E-state index in [-0.39, 0.29) is 6.04 Å². The highest BCUT2D eigenvalue weighted by atomic mass is 16.5. The summed E-state index contributed by atoms with van der Waals surface area (Å²) in [6.07, 6.45) is 4.90. The third-order valence-corrected chi connectivity index (χ3v) is 6.16. The standard InChI is InChI=1S/C21H32N6O/c1-3-25-13-15-26(16-14-25)20(17-9-11-19(12-10-17)28-4-2)21-22-23-24-27(21)18-7-5-6-8-18/h9-12,18,20H,3-8,13-16H2,1-2H3/t20-/m1/s1. The summed E-state index contributed by atoms with van der Waals surface area (Å²) in [5.74, 6) is 1.90. The minimum Gasteiger partial charge on any atom is -0.494 e. The number of rotatable bonds is 7. The topological polar surface area (TPSA) is 59.3 Å². The quantitative estimate of drug-likeness (QED) is 0.732. The molecule has 0 unspecified atom stereocenters. The second-order valence-corrected chi connectivity index (χ2v) is 7.79. The van der Waals surface area contributed by atoms with Crippen LogP contribution < -0.4 is 4.74 Å². The van der Waals surface area contributed by atoms with Crippen LogP contribution in [0.15, 0.2) is 24.3 Å². The summed E-state index contributed by atoms with van der Waals surface area (Å²) < 4.78 is 7.76. The fourth-order valence-corrected chi connectivity index (χ4v) is 4.56. The van der Waals surface area contributed by atoms with Crippen molar-refractivity contribution in [2.45, 2.75) is 51.6 Å². The zero-order valence-electron chi connectivity index (χ0n) is 17.1. The molecule has 7 heteroatoms. The van der Waals surface area contributed by atoms with Crippen molar-refractivity contribution < 1.29 is 4.74 Å². The highest BCUT2D eigenvalue weighted by molar-refractivity contribution is 5.32. The van der Waals surface area contributed by atoms with E-state index in [9.17, 15) is 0 Å². The van der Waals surface area contributed by atoms with Gasteiger partial charge in [0, 0.05) is 26.2 Å². The van der Waals surface area contributed by atoms with Crippen LogP contribution in [0.2, 0.25) is 0 Å². The molecule has 1 aromatic heterocycles. The third kappa shape index (κ3) is 4.05. The lowest BCUT2D eigenvalue weighted by atomic mass is 10.0. The Hall–Kier alpha value is -1.99. The Morgan fingerprint density at radius 2 is 1.75 bits per heavy atom. The minimum atomic E-state index is 0.0882. The number of piperazine rings is 1. The SMILES string of the molecule is CCOc1ccc([C@H](c2nnnn2C2CCCC2)N2CCN(CC)CC2)cc1. The summed E-state index contributed by atoms with van der Waals surface area (Å²) in [5.41, 5.74) is 1.24. The Balaban J connectivity index is 1.65. The van der Waals surface area contributed by atoms with Gasteiger partial charge in [0.05, 0.1) is 18.7 Å². The molecule has 2 aliphatic rings. The molecule has 152 valence electrons. The Kier molecular flexibility index (Phi) is 6.22. The van der Waals surface area contributed by atoms with Gasteiger partial charge in [0.25, 0.3) is 0 Å². The zero-order chi connectivity index (χ0) is 19.3. The molecule has 2 aromatic rings. The van der Waals surface area contributed by atoms with Gasteiger partial charge in [-0.2, -0.15) is 0 Å². The summed E-state index contributed by atoms with van der Waals surface area (Å²) in [6.45, 7) is 10.3. The first-order chi connectivity index (χ1) is 13.8. The molecule has 2 fully saturated rings. The van der Waals surface area contributed by atoms with Gasteiger partial charge in [-0.1, -0.05) is 31.9 Å². The van der Waals surface area contributed by atoms with Gasteiger partial charge in [0.2, 0.25) is 0 Å². The van der Waals surface area contributed by atoms with Crippen molar-refractivity contribution in [3.05, 3.63) is 35.7 Å². The van der Waals surface area contributed by atoms with Gasteiger partial charge in [-0.15, -0.1) is 5.10 Å². The van der Waals surface area contributed by atoms with Crippen LogP contribution in [0.4, 0.5) is 0 Å². The predicted molar refractivity (Wildman–Crippen MR) is 108 cm³/mol. The van der Waals surface area contributed by atoms with E-state index in [0.717, 1.165) is 44.3 Å². The predicted octanol–water partition coefficient (Wildman–Crippen LogP) is 2.91. The molecular formula is C21H32N6O. The van der Waals surface area contributed by atoms with E-state index < -0.39 is 0 Å². The van der Waals surface area contributed by atoms with Crippen molar-refractivity contribution in [2.24, 2.45) is 0 Å². The van der Waals surface area contributed by atoms with Crippen molar-refractivity contribution in [3.8, 4) is 5.75 Å². The third-order valence-electron chi connectivity index (χ3n) is 6.16. The van der Waals surface area contributed by atoms with Crippen LogP contribution in [0, 0.1) is 0 Å². The first-order valence-corrected chi connectivity index (χ1v) is 10.8. The molecule has 1 saturated carbocycles. The summed E-state index contributed by atoms with van der Waals surface area (Å²) in [6, 6.07) is 9.01. The van der Waals surface area contributed by atoms with Crippen LogP contribution in [0.1, 0.15) is 63.0 Å². The molecule has 2 heterocycles. The fourth-order valence-electron chi connectivity index (χ4n) is 4.56. The number of benzene rings is 1. The van der Waals surface area contributed by atoms with Gasteiger partial charge in [-0.3, -0.25) is 4.90 Å². The Morgan fingerprint density at radius 3 is 2.39 bits per heavy atom. The molecular weight excluding hydrogens is 352 g/mol. The summed E-state index contributed by atoms with van der Waals surface area (Å²) in [4.78, 5) is 5.05. The minimum absolute atomic E-state index is 0.0882. The molecule has 7 nitrogen and oxygen atoms in total. The van der Waals surface area contributed by atoms with E-state index in [1.54, 1.807) is 0 Å². The highest BCUT2D eigenvalue weighted by Gasteiger charge is 2.32. The maximum Gasteiger partial charge on any atom is 0.173 e. The number of likely N-dealkylation sites (N-methyl/N-ethyl adjacent to an activating group) is 1. The maximum atomic E-state index is 5.64. The van der Waals surface area contributed by atoms with Crippen LogP contribution in [0.5, 0.6) is 5.75 Å². The Bertz CT molecular complexity index is 732. The molecule has 0 amide bonds. The van der Waals surface area contributed by atoms with Gasteiger partial charge < -0.3 is 9.64 Å². The van der Waals surface area contributed by atoms with Crippen LogP contribution >= 0.6 is 0 Å². The second kappa shape index (κ2) is 9.01. The van der Waals surface area contributed by atoms with Crippen molar-refractivity contribution in [1.29, 1.82) is 0 Å². The van der Waals surface area contributed by atoms with Crippen molar-refractivity contribution in [2.75, 3.05) is 39.3 Å². The maximum absolute atomic E-state index is 5.64. The number of ether oxygens (including phenoxy) is 1. The number of nitrogens with zero attached hydrogens (tertiary/aromatic N) is 6. The second-order valence-electron chi connectivity index (χ2n) is 7.79. The van der Waals surface area contributed by atoms with Gasteiger partial charge in [0.15, 0.2) is 5.82 Å². The van der Waals surface area contributed by atoms with Crippen LogP contribution in [0.25, 0.3) is 0 Å². The lowest BCUT2D eigenvalue weighted by Crippen LogP contribution is -2.48. The lowest BCUT2D eigenvalue weighted by molar-refractivity contribution is 0.107. The molecule has 0 N–H and O–H groups in total. The van der Waals surface area contributed by atoms with Crippen molar-refractivity contribution >= 4 is 0 Å². The summed E-state index contributed by atoms with van der Waals surface area (Å²) in [5, 5.41) is 13.0. The molecule has 1 saturated heterocycles. The van der Waals surface area contributed by atoms with Gasteiger partial charge in [-0.25, -0.2) is 4.68 Å². The smallest absolute Gasteiger partial charge is 0.173 e. The van der Waals surface area contributed by atoms with E-state index in [1.165, 1.54) is 31.2 Å². The van der Waals surface area contributed by atoms with E-state index in [1.807, 2.05) is 6.92 Å². The van der Waals surface area contributed by atoms with E-state index in [0.29, 0.717) is 12.6 Å². The molecule has 0 spiro atoms. The monoisotopic (exact) mass is 384 g/mol. The number of hydrogen-bond acceptors (Lipinski definition) is 6. The molecule has 28 heavy (non-hydrogen) atoms. The summed E-state index contributed by atoms with van der Waals surface area (Å²) in [7, 11) is 0. The van der Waals surface area contributed by atoms with Gasteiger partial charge in [-0.05, 0) is 54.4 Å². The number of tetrazole rings is 1. The van der Waals surface area contributed by atoms with E-state index in [2.05, 4.69) is 61.2 Å². The average Bonchev–Trinajstić information content (AvgIpc) is 3.42. The molecule has 1 atom stereocenters. The first kappa shape index (κ1) is 19.3. The first-order valence-electron chi connectivity index (χ1n) is 10.8. The molecule has 0 bridgehead atoms. The van der Waals surface area contributed by atoms with Gasteiger partial charge in [0.1, 0.15) is 5.75 Å². The molecule has 4 rings (SSSR count). The fraction of sp³-hybridized carbons (Fsp3) is 0.667. The van der Waals surface area contributed by atoms with Crippen LogP contribution in [0.3, 0.4) is 0 Å². The Morgan fingerprint density at radius 1 is 1.04 bits per heavy atom. The largest absolute Gasteiger partial charge is 0.494 e. The lowest BCUT2D eigenvalue weighted by Gasteiger charge is -2.38. The average molecular weight is 385 g/mol. The van der Waals surface area contributed by atoms with E-state index in [4.69, 9.17) is 4.74 Å². The summed E-state index contributed by atoms with van der Waals surface area (Å²) >= 11 is 0. The molecule has 0 radical (unpaired) electrons. The molecule has 1 aliphatic heterocycles. The zero-order valence-corrected chi connectivity index (χ0v) is 17.1. The Labute approximate surface area is 167 Å². The highest BCUT2D eigenvalue weighted by Crippen LogP contribution is 2.34. The number of aromatic nitrogens is 4. The molecule has 1 aliphatic carbocycles. The van der Waals surface area contributed by atoms with Gasteiger partial charge >= 0.3 is 0 Å². The number of hydrogen-bond donors (Lipinski definition) is 0. The van der Waals surface area contributed by atoms with Crippen molar-refractivity contribution in [1.82, 2.24) is 30.0 Å². The van der Waals surface area contributed by atoms with Crippen LogP contribution in [-0.2, 0) is 0 Å². The van der Waals surface area contributed by atoms with Crippen LogP contribution in [-0.4, -0.2) is 69.3 Å². The van der Waals surface area contributed by atoms with Crippen molar-refractivity contribution in [3.63, 3.8) is 0 Å².